The Bertz CT molecular complexity index is 391. The zero-order valence-electron chi connectivity index (χ0n) is 12.8. The average molecular weight is 298 g/mol. The van der Waals surface area contributed by atoms with E-state index in [4.69, 9.17) is 5.11 Å². The highest BCUT2D eigenvalue weighted by atomic mass is 16.4. The molecule has 0 aromatic carbocycles. The summed E-state index contributed by atoms with van der Waals surface area (Å²) in [7, 11) is 0. The summed E-state index contributed by atoms with van der Waals surface area (Å²) in [6.45, 7) is 4.48. The lowest BCUT2D eigenvalue weighted by atomic mass is 9.75. The molecule has 6 heteroatoms. The van der Waals surface area contributed by atoms with Crippen LogP contribution in [0.2, 0.25) is 0 Å². The Balaban J connectivity index is 1.91. The number of carbonyl (C=O) groups excluding carboxylic acids is 1. The van der Waals surface area contributed by atoms with Crippen molar-refractivity contribution in [3.8, 4) is 0 Å². The molecule has 0 radical (unpaired) electrons. The molecule has 0 spiro atoms. The summed E-state index contributed by atoms with van der Waals surface area (Å²) in [6.07, 6.45) is 3.47. The van der Waals surface area contributed by atoms with Crippen LogP contribution in [0.4, 0.5) is 4.79 Å². The summed E-state index contributed by atoms with van der Waals surface area (Å²) < 4.78 is 0. The van der Waals surface area contributed by atoms with Crippen molar-refractivity contribution in [2.75, 3.05) is 32.8 Å². The van der Waals surface area contributed by atoms with Crippen molar-refractivity contribution in [1.29, 1.82) is 0 Å². The van der Waals surface area contributed by atoms with Gasteiger partial charge in [0.25, 0.3) is 0 Å². The second-order valence-electron chi connectivity index (χ2n) is 6.39. The number of carboxylic acids is 1. The van der Waals surface area contributed by atoms with E-state index in [0.29, 0.717) is 45.4 Å². The molecule has 0 aromatic heterocycles. The Morgan fingerprint density at radius 3 is 2.33 bits per heavy atom. The van der Waals surface area contributed by atoms with Gasteiger partial charge in [-0.1, -0.05) is 13.3 Å². The maximum absolute atomic E-state index is 12.4. The number of nitrogens with zero attached hydrogens (tertiary/aromatic N) is 2. The first-order valence-corrected chi connectivity index (χ1v) is 7.90. The van der Waals surface area contributed by atoms with E-state index in [-0.39, 0.29) is 18.6 Å². The molecule has 21 heavy (non-hydrogen) atoms. The largest absolute Gasteiger partial charge is 0.481 e. The Morgan fingerprint density at radius 1 is 1.19 bits per heavy atom. The normalized spacial score (nSPS) is 25.1. The molecule has 2 rings (SSSR count). The topological polar surface area (TPSA) is 81.1 Å². The summed E-state index contributed by atoms with van der Waals surface area (Å²) in [5, 5.41) is 18.6. The van der Waals surface area contributed by atoms with Crippen LogP contribution in [0, 0.1) is 11.3 Å². The third-order valence-corrected chi connectivity index (χ3v) is 4.99. The molecule has 1 unspecified atom stereocenters. The van der Waals surface area contributed by atoms with Crippen LogP contribution >= 0.6 is 0 Å². The van der Waals surface area contributed by atoms with E-state index in [0.717, 1.165) is 12.8 Å². The lowest BCUT2D eigenvalue weighted by Crippen LogP contribution is -2.50. The van der Waals surface area contributed by atoms with Gasteiger partial charge in [-0.25, -0.2) is 4.79 Å². The molecule has 2 N–H and O–H groups in total. The summed E-state index contributed by atoms with van der Waals surface area (Å²) in [5.41, 5.74) is -0.649. The molecule has 1 atom stereocenters. The number of aliphatic hydroxyl groups is 1. The van der Waals surface area contributed by atoms with Gasteiger partial charge in [0.15, 0.2) is 0 Å². The highest BCUT2D eigenvalue weighted by Crippen LogP contribution is 2.37. The minimum atomic E-state index is -0.724. The molecular weight excluding hydrogens is 272 g/mol. The summed E-state index contributed by atoms with van der Waals surface area (Å²) in [4.78, 5) is 27.5. The van der Waals surface area contributed by atoms with E-state index in [2.05, 4.69) is 0 Å². The number of rotatable bonds is 4. The van der Waals surface area contributed by atoms with Crippen LogP contribution < -0.4 is 0 Å². The zero-order chi connectivity index (χ0) is 15.5. The Kier molecular flexibility index (Phi) is 5.08. The summed E-state index contributed by atoms with van der Waals surface area (Å²) in [5.74, 6) is -0.532. The van der Waals surface area contributed by atoms with Gasteiger partial charge < -0.3 is 20.0 Å². The number of likely N-dealkylation sites (tertiary alicyclic amines) is 2. The van der Waals surface area contributed by atoms with Crippen LogP contribution in [0.25, 0.3) is 0 Å². The lowest BCUT2D eigenvalue weighted by molar-refractivity contribution is -0.152. The number of carboxylic acid groups (broad SMARTS) is 1. The predicted molar refractivity (Wildman–Crippen MR) is 77.9 cm³/mol. The molecule has 2 fully saturated rings. The number of carbonyl (C=O) groups is 2. The molecule has 0 aliphatic carbocycles. The minimum absolute atomic E-state index is 0.00133. The molecule has 0 bridgehead atoms. The van der Waals surface area contributed by atoms with E-state index < -0.39 is 11.4 Å². The first kappa shape index (κ1) is 16.1. The highest BCUT2D eigenvalue weighted by Gasteiger charge is 2.42. The number of aliphatic hydroxyl groups excluding tert-OH is 1. The van der Waals surface area contributed by atoms with Gasteiger partial charge in [0, 0.05) is 38.7 Å². The van der Waals surface area contributed by atoms with E-state index >= 15 is 0 Å². The van der Waals surface area contributed by atoms with Gasteiger partial charge in [0.05, 0.1) is 5.41 Å². The zero-order valence-corrected chi connectivity index (χ0v) is 12.8. The quantitative estimate of drug-likeness (QED) is 0.822. The number of aliphatic carboxylic acids is 1. The third kappa shape index (κ3) is 3.31. The molecule has 2 aliphatic rings. The lowest BCUT2D eigenvalue weighted by Gasteiger charge is -2.40. The van der Waals surface area contributed by atoms with Crippen molar-refractivity contribution in [2.45, 2.75) is 39.0 Å². The minimum Gasteiger partial charge on any atom is -0.481 e. The van der Waals surface area contributed by atoms with Gasteiger partial charge in [0.2, 0.25) is 0 Å². The van der Waals surface area contributed by atoms with Crippen LogP contribution in [0.3, 0.4) is 0 Å². The van der Waals surface area contributed by atoms with Gasteiger partial charge in [-0.05, 0) is 25.7 Å². The Morgan fingerprint density at radius 2 is 1.86 bits per heavy atom. The number of hydrogen-bond donors (Lipinski definition) is 2. The van der Waals surface area contributed by atoms with Gasteiger partial charge in [0.1, 0.15) is 0 Å². The SMILES string of the molecule is CCCC1(C(=O)O)CCN(C(=O)N2CCC(CO)C2)CC1. The molecule has 2 aliphatic heterocycles. The van der Waals surface area contributed by atoms with Gasteiger partial charge >= 0.3 is 12.0 Å². The summed E-state index contributed by atoms with van der Waals surface area (Å²) in [6, 6.07) is 0.00133. The van der Waals surface area contributed by atoms with Crippen LogP contribution in [-0.4, -0.2) is 64.8 Å². The van der Waals surface area contributed by atoms with Gasteiger partial charge in [-0.15, -0.1) is 0 Å². The van der Waals surface area contributed by atoms with Crippen molar-refractivity contribution in [3.63, 3.8) is 0 Å². The first-order chi connectivity index (χ1) is 10.0. The third-order valence-electron chi connectivity index (χ3n) is 4.99. The van der Waals surface area contributed by atoms with Gasteiger partial charge in [-0.2, -0.15) is 0 Å². The van der Waals surface area contributed by atoms with Crippen LogP contribution in [-0.2, 0) is 4.79 Å². The van der Waals surface area contributed by atoms with E-state index in [1.165, 1.54) is 0 Å². The van der Waals surface area contributed by atoms with Crippen molar-refractivity contribution >= 4 is 12.0 Å². The van der Waals surface area contributed by atoms with E-state index in [9.17, 15) is 14.7 Å². The predicted octanol–water partition coefficient (Wildman–Crippen LogP) is 1.39. The Hall–Kier alpha value is -1.30. The van der Waals surface area contributed by atoms with Crippen LogP contribution in [0.1, 0.15) is 39.0 Å². The maximum Gasteiger partial charge on any atom is 0.320 e. The highest BCUT2D eigenvalue weighted by molar-refractivity contribution is 5.77. The van der Waals surface area contributed by atoms with Crippen molar-refractivity contribution in [1.82, 2.24) is 9.80 Å². The first-order valence-electron chi connectivity index (χ1n) is 7.90. The van der Waals surface area contributed by atoms with Crippen molar-refractivity contribution in [3.05, 3.63) is 0 Å². The number of urea groups is 1. The molecule has 0 saturated carbocycles. The van der Waals surface area contributed by atoms with E-state index in [1.54, 1.807) is 9.80 Å². The van der Waals surface area contributed by atoms with Crippen molar-refractivity contribution < 1.29 is 19.8 Å². The fourth-order valence-electron chi connectivity index (χ4n) is 3.53. The molecule has 6 nitrogen and oxygen atoms in total. The average Bonchev–Trinajstić information content (AvgIpc) is 2.96. The maximum atomic E-state index is 12.4. The molecule has 0 aromatic rings. The van der Waals surface area contributed by atoms with Crippen LogP contribution in [0.15, 0.2) is 0 Å². The summed E-state index contributed by atoms with van der Waals surface area (Å²) >= 11 is 0. The number of hydrogen-bond acceptors (Lipinski definition) is 3. The molecule has 2 amide bonds. The van der Waals surface area contributed by atoms with Crippen molar-refractivity contribution in [2.24, 2.45) is 11.3 Å². The fourth-order valence-corrected chi connectivity index (χ4v) is 3.53. The fraction of sp³-hybridized carbons (Fsp3) is 0.867. The molecule has 120 valence electrons. The molecular formula is C15H26N2O4. The Labute approximate surface area is 125 Å². The standard InChI is InChI=1S/C15H26N2O4/c1-2-4-15(13(19)20)5-8-16(9-6-15)14(21)17-7-3-12(10-17)11-18/h12,18H,2-11H2,1H3,(H,19,20). The number of piperidine rings is 1. The second kappa shape index (κ2) is 6.64. The van der Waals surface area contributed by atoms with Crippen LogP contribution in [0.5, 0.6) is 0 Å². The molecule has 2 saturated heterocycles. The van der Waals surface area contributed by atoms with Gasteiger partial charge in [-0.3, -0.25) is 4.79 Å². The monoisotopic (exact) mass is 298 g/mol. The van der Waals surface area contributed by atoms with E-state index in [1.807, 2.05) is 6.92 Å². The number of amides is 2. The molecule has 2 heterocycles. The smallest absolute Gasteiger partial charge is 0.320 e. The second-order valence-corrected chi connectivity index (χ2v) is 6.39.